The SMILES string of the molecule is O=C(CCCCCCCCOc1ccccc1)NCCCC(F)(F)C(F)(F)F. The lowest BCUT2D eigenvalue weighted by molar-refractivity contribution is -0.284. The first-order valence-electron chi connectivity index (χ1n) is 9.61. The summed E-state index contributed by atoms with van der Waals surface area (Å²) in [7, 11) is 0. The molecular formula is C20H28F5NO2. The predicted molar refractivity (Wildman–Crippen MR) is 97.5 cm³/mol. The van der Waals surface area contributed by atoms with Gasteiger partial charge in [-0.3, -0.25) is 4.79 Å². The van der Waals surface area contributed by atoms with Gasteiger partial charge in [-0.05, 0) is 31.4 Å². The number of benzene rings is 1. The smallest absolute Gasteiger partial charge is 0.453 e. The van der Waals surface area contributed by atoms with E-state index in [4.69, 9.17) is 4.74 Å². The summed E-state index contributed by atoms with van der Waals surface area (Å²) in [6.45, 7) is 0.492. The fraction of sp³-hybridized carbons (Fsp3) is 0.650. The van der Waals surface area contributed by atoms with Crippen molar-refractivity contribution in [3.8, 4) is 5.75 Å². The highest BCUT2D eigenvalue weighted by molar-refractivity contribution is 5.75. The molecule has 0 aliphatic heterocycles. The molecule has 1 rings (SSSR count). The van der Waals surface area contributed by atoms with Gasteiger partial charge in [-0.2, -0.15) is 22.0 Å². The van der Waals surface area contributed by atoms with Crippen molar-refractivity contribution in [3.05, 3.63) is 30.3 Å². The highest BCUT2D eigenvalue weighted by Crippen LogP contribution is 2.38. The molecule has 0 saturated heterocycles. The molecule has 0 aromatic heterocycles. The minimum Gasteiger partial charge on any atom is -0.494 e. The summed E-state index contributed by atoms with van der Waals surface area (Å²) >= 11 is 0. The number of amides is 1. The maximum absolute atomic E-state index is 12.7. The zero-order valence-electron chi connectivity index (χ0n) is 15.9. The number of carbonyl (C=O) groups is 1. The first kappa shape index (κ1) is 24.2. The van der Waals surface area contributed by atoms with E-state index in [0.717, 1.165) is 37.9 Å². The summed E-state index contributed by atoms with van der Waals surface area (Å²) in [6, 6.07) is 9.59. The van der Waals surface area contributed by atoms with Crippen LogP contribution in [0.15, 0.2) is 30.3 Å². The van der Waals surface area contributed by atoms with Gasteiger partial charge in [0.25, 0.3) is 0 Å². The number of rotatable bonds is 14. The molecule has 0 atom stereocenters. The molecule has 0 unspecified atom stereocenters. The highest BCUT2D eigenvalue weighted by Gasteiger charge is 2.56. The lowest BCUT2D eigenvalue weighted by Gasteiger charge is -2.19. The van der Waals surface area contributed by atoms with E-state index in [1.165, 1.54) is 0 Å². The monoisotopic (exact) mass is 409 g/mol. The molecule has 0 aliphatic rings. The van der Waals surface area contributed by atoms with Crippen LogP contribution in [-0.2, 0) is 4.79 Å². The first-order chi connectivity index (χ1) is 13.2. The lowest BCUT2D eigenvalue weighted by Crippen LogP contribution is -2.37. The van der Waals surface area contributed by atoms with Gasteiger partial charge in [-0.1, -0.05) is 43.9 Å². The van der Waals surface area contributed by atoms with E-state index in [9.17, 15) is 26.7 Å². The molecule has 0 saturated carbocycles. The van der Waals surface area contributed by atoms with E-state index in [2.05, 4.69) is 5.32 Å². The van der Waals surface area contributed by atoms with E-state index < -0.39 is 24.9 Å². The standard InChI is InChI=1S/C20H28F5NO2/c21-19(22,20(23,24)25)14-10-15-26-18(27)13-8-3-1-2-4-9-16-28-17-11-6-5-7-12-17/h5-7,11-12H,1-4,8-10,13-16H2,(H,26,27). The van der Waals surface area contributed by atoms with Crippen LogP contribution in [0.5, 0.6) is 5.75 Å². The van der Waals surface area contributed by atoms with Crippen molar-refractivity contribution in [1.29, 1.82) is 0 Å². The maximum atomic E-state index is 12.7. The maximum Gasteiger partial charge on any atom is 0.453 e. The Kier molecular flexibility index (Phi) is 10.9. The number of hydrogen-bond acceptors (Lipinski definition) is 2. The minimum absolute atomic E-state index is 0.175. The van der Waals surface area contributed by atoms with Gasteiger partial charge in [0, 0.05) is 19.4 Å². The number of unbranched alkanes of at least 4 members (excludes halogenated alkanes) is 5. The second kappa shape index (κ2) is 12.6. The van der Waals surface area contributed by atoms with Crippen molar-refractivity contribution in [3.63, 3.8) is 0 Å². The van der Waals surface area contributed by atoms with Crippen molar-refractivity contribution in [2.75, 3.05) is 13.2 Å². The van der Waals surface area contributed by atoms with Crippen LogP contribution in [-0.4, -0.2) is 31.2 Å². The topological polar surface area (TPSA) is 38.3 Å². The van der Waals surface area contributed by atoms with Gasteiger partial charge in [0.2, 0.25) is 5.91 Å². The van der Waals surface area contributed by atoms with Crippen LogP contribution in [0.3, 0.4) is 0 Å². The molecule has 0 bridgehead atoms. The number of para-hydroxylation sites is 1. The Hall–Kier alpha value is -1.86. The normalized spacial score (nSPS) is 12.0. The molecule has 0 radical (unpaired) electrons. The number of alkyl halides is 5. The van der Waals surface area contributed by atoms with Gasteiger partial charge in [-0.15, -0.1) is 0 Å². The quantitative estimate of drug-likeness (QED) is 0.307. The van der Waals surface area contributed by atoms with E-state index in [-0.39, 0.29) is 18.9 Å². The Morgan fingerprint density at radius 1 is 0.857 bits per heavy atom. The van der Waals surface area contributed by atoms with Crippen LogP contribution < -0.4 is 10.1 Å². The van der Waals surface area contributed by atoms with Crippen LogP contribution in [0.4, 0.5) is 22.0 Å². The molecule has 1 amide bonds. The Morgan fingerprint density at radius 2 is 1.46 bits per heavy atom. The molecule has 1 aromatic rings. The molecule has 1 N–H and O–H groups in total. The average Bonchev–Trinajstić information content (AvgIpc) is 2.64. The van der Waals surface area contributed by atoms with Crippen molar-refractivity contribution < 1.29 is 31.5 Å². The fourth-order valence-corrected chi connectivity index (χ4v) is 2.57. The van der Waals surface area contributed by atoms with E-state index in [1.54, 1.807) is 0 Å². The third-order valence-electron chi connectivity index (χ3n) is 4.21. The molecule has 28 heavy (non-hydrogen) atoms. The van der Waals surface area contributed by atoms with Crippen molar-refractivity contribution >= 4 is 5.91 Å². The Bertz CT molecular complexity index is 549. The number of carbonyl (C=O) groups excluding carboxylic acids is 1. The van der Waals surface area contributed by atoms with Gasteiger partial charge in [0.05, 0.1) is 6.61 Å². The van der Waals surface area contributed by atoms with Gasteiger partial charge < -0.3 is 10.1 Å². The molecule has 0 fully saturated rings. The van der Waals surface area contributed by atoms with E-state index >= 15 is 0 Å². The fourth-order valence-electron chi connectivity index (χ4n) is 2.57. The van der Waals surface area contributed by atoms with Crippen LogP contribution in [0.25, 0.3) is 0 Å². The van der Waals surface area contributed by atoms with Crippen LogP contribution in [0, 0.1) is 0 Å². The lowest BCUT2D eigenvalue weighted by atomic mass is 10.1. The first-order valence-corrected chi connectivity index (χ1v) is 9.61. The molecule has 1 aromatic carbocycles. The summed E-state index contributed by atoms with van der Waals surface area (Å²) in [5.41, 5.74) is 0. The number of ether oxygens (including phenoxy) is 1. The van der Waals surface area contributed by atoms with Gasteiger partial charge in [0.1, 0.15) is 5.75 Å². The summed E-state index contributed by atoms with van der Waals surface area (Å²) in [5.74, 6) is -4.16. The highest BCUT2D eigenvalue weighted by atomic mass is 19.4. The average molecular weight is 409 g/mol. The number of halogens is 5. The predicted octanol–water partition coefficient (Wildman–Crippen LogP) is 5.89. The second-order valence-corrected chi connectivity index (χ2v) is 6.69. The zero-order chi connectivity index (χ0) is 20.9. The third-order valence-corrected chi connectivity index (χ3v) is 4.21. The van der Waals surface area contributed by atoms with Crippen LogP contribution in [0.2, 0.25) is 0 Å². The molecule has 0 aliphatic carbocycles. The van der Waals surface area contributed by atoms with Gasteiger partial charge in [0.15, 0.2) is 0 Å². The summed E-state index contributed by atoms with van der Waals surface area (Å²) < 4.78 is 66.9. The Balaban J connectivity index is 1.91. The molecule has 3 nitrogen and oxygen atoms in total. The molecule has 0 spiro atoms. The number of hydrogen-bond donors (Lipinski definition) is 1. The van der Waals surface area contributed by atoms with Crippen molar-refractivity contribution in [2.24, 2.45) is 0 Å². The zero-order valence-corrected chi connectivity index (χ0v) is 15.9. The van der Waals surface area contributed by atoms with Crippen LogP contribution >= 0.6 is 0 Å². The Morgan fingerprint density at radius 3 is 2.11 bits per heavy atom. The summed E-state index contributed by atoms with van der Waals surface area (Å²) in [6.07, 6.45) is -1.46. The van der Waals surface area contributed by atoms with Gasteiger partial charge >= 0.3 is 12.1 Å². The Labute approximate surface area is 162 Å². The molecular weight excluding hydrogens is 381 g/mol. The molecule has 8 heteroatoms. The van der Waals surface area contributed by atoms with E-state index in [0.29, 0.717) is 13.0 Å². The van der Waals surface area contributed by atoms with Crippen LogP contribution in [0.1, 0.15) is 57.8 Å². The summed E-state index contributed by atoms with van der Waals surface area (Å²) in [5, 5.41) is 2.38. The summed E-state index contributed by atoms with van der Waals surface area (Å²) in [4.78, 5) is 11.5. The largest absolute Gasteiger partial charge is 0.494 e. The second-order valence-electron chi connectivity index (χ2n) is 6.69. The van der Waals surface area contributed by atoms with Crippen molar-refractivity contribution in [1.82, 2.24) is 5.32 Å². The molecule has 160 valence electrons. The van der Waals surface area contributed by atoms with E-state index in [1.807, 2.05) is 30.3 Å². The minimum atomic E-state index is -5.54. The molecule has 0 heterocycles. The third kappa shape index (κ3) is 10.5. The van der Waals surface area contributed by atoms with Gasteiger partial charge in [-0.25, -0.2) is 0 Å². The number of nitrogens with one attached hydrogen (secondary N) is 1. The van der Waals surface area contributed by atoms with Crippen molar-refractivity contribution in [2.45, 2.75) is 69.9 Å².